The lowest BCUT2D eigenvalue weighted by Crippen LogP contribution is -2.42. The number of carbonyl (C=O) groups is 3. The number of fused-ring (bicyclic) bond motifs is 11. The quantitative estimate of drug-likeness (QED) is 0.0369. The number of hydrogen-bond donors (Lipinski definition) is 4. The van der Waals surface area contributed by atoms with Gasteiger partial charge in [-0.2, -0.15) is 4.89 Å². The molecule has 2 aliphatic heterocycles. The molecule has 1 aliphatic carbocycles. The zero-order chi connectivity index (χ0) is 41.9. The first-order valence-electron chi connectivity index (χ1n) is 18.8. The van der Waals surface area contributed by atoms with Crippen molar-refractivity contribution < 1.29 is 48.6 Å². The summed E-state index contributed by atoms with van der Waals surface area (Å²) in [5.41, 5.74) is 9.80. The highest BCUT2D eigenvalue weighted by atomic mass is 17.2. The molecule has 14 nitrogen and oxygen atoms in total. The number of aromatic amines is 2. The Balaban J connectivity index is 1.70. The van der Waals surface area contributed by atoms with Crippen LogP contribution in [0.2, 0.25) is 0 Å². The number of carbonyl (C=O) groups excluding carboxylic acids is 3. The number of esters is 3. The number of allylic oxidation sites excluding steroid dienone is 6. The van der Waals surface area contributed by atoms with Crippen molar-refractivity contribution in [1.82, 2.24) is 19.9 Å². The summed E-state index contributed by atoms with van der Waals surface area (Å²) in [5, 5.41) is 18.4. The van der Waals surface area contributed by atoms with Gasteiger partial charge < -0.3 is 39.3 Å². The van der Waals surface area contributed by atoms with Crippen LogP contribution in [0, 0.1) is 19.8 Å². The van der Waals surface area contributed by atoms with Gasteiger partial charge in [-0.15, -0.1) is 0 Å². The van der Waals surface area contributed by atoms with Crippen molar-refractivity contribution >= 4 is 62.8 Å². The molecule has 2 unspecified atom stereocenters. The summed E-state index contributed by atoms with van der Waals surface area (Å²) in [6.45, 7) is 15.3. The van der Waals surface area contributed by atoms with Gasteiger partial charge in [0.15, 0.2) is 0 Å². The molecule has 304 valence electrons. The molecule has 0 amide bonds. The third kappa shape index (κ3) is 7.65. The standard InChI is InChI=1S/C44H48N4O10/c1-9-27-24(3)32-19-33-26(5)30(18-23(2)58-57-17-15-50)36(46-33)21-35-28(11-13-40(51)56-16-14-49)25(4)34(45-35)20-38-31-12-10-29(42(52)54-7)41(43(53)55-8)44(31,6)39(48-38)22-37(27)47-32/h9-10,12,19-22,41,46-47,49-50H,1-2,11,13-18H2,3-8H3. The minimum Gasteiger partial charge on any atom is -0.469 e. The van der Waals surface area contributed by atoms with E-state index in [4.69, 9.17) is 34.0 Å². The van der Waals surface area contributed by atoms with Crippen LogP contribution in [0.3, 0.4) is 0 Å². The van der Waals surface area contributed by atoms with Crippen LogP contribution >= 0.6 is 0 Å². The van der Waals surface area contributed by atoms with Crippen molar-refractivity contribution in [2.24, 2.45) is 5.92 Å². The molecule has 8 bridgehead atoms. The van der Waals surface area contributed by atoms with Crippen molar-refractivity contribution in [2.75, 3.05) is 40.6 Å². The normalized spacial score (nSPS) is 17.2. The van der Waals surface area contributed by atoms with Crippen LogP contribution in [0.4, 0.5) is 0 Å². The molecule has 3 aromatic rings. The number of aliphatic hydroxyl groups excluding tert-OH is 2. The van der Waals surface area contributed by atoms with Crippen molar-refractivity contribution in [3.63, 3.8) is 0 Å². The van der Waals surface area contributed by atoms with Crippen LogP contribution in [-0.2, 0) is 50.2 Å². The third-order valence-electron chi connectivity index (χ3n) is 11.0. The molecule has 0 fully saturated rings. The Labute approximate surface area is 335 Å². The molecule has 3 aromatic heterocycles. The van der Waals surface area contributed by atoms with Crippen molar-refractivity contribution in [3.8, 4) is 0 Å². The lowest BCUT2D eigenvalue weighted by atomic mass is 9.64. The summed E-state index contributed by atoms with van der Waals surface area (Å²) < 4.78 is 15.6. The number of ether oxygens (including phenoxy) is 3. The zero-order valence-electron chi connectivity index (χ0n) is 33.5. The number of methoxy groups -OCH3 is 2. The first-order chi connectivity index (χ1) is 27.8. The summed E-state index contributed by atoms with van der Waals surface area (Å²) >= 11 is 0. The van der Waals surface area contributed by atoms with Gasteiger partial charge >= 0.3 is 17.9 Å². The molecular weight excluding hydrogens is 745 g/mol. The minimum atomic E-state index is -1.19. The van der Waals surface area contributed by atoms with E-state index >= 15 is 0 Å². The Bertz CT molecular complexity index is 2470. The van der Waals surface area contributed by atoms with E-state index in [0.29, 0.717) is 45.1 Å². The fourth-order valence-corrected chi connectivity index (χ4v) is 7.88. The van der Waals surface area contributed by atoms with Gasteiger partial charge in [0.2, 0.25) is 0 Å². The van der Waals surface area contributed by atoms with Gasteiger partial charge in [0.1, 0.15) is 24.9 Å². The lowest BCUT2D eigenvalue weighted by Gasteiger charge is -2.36. The molecule has 3 aliphatic rings. The molecule has 0 radical (unpaired) electrons. The van der Waals surface area contributed by atoms with E-state index in [2.05, 4.69) is 23.1 Å². The maximum atomic E-state index is 13.7. The number of aryl methyl sites for hydroxylation is 2. The topological polar surface area (TPSA) is 195 Å². The molecule has 14 heteroatoms. The Morgan fingerprint density at radius 1 is 0.879 bits per heavy atom. The molecule has 5 heterocycles. The van der Waals surface area contributed by atoms with Crippen molar-refractivity contribution in [2.45, 2.75) is 52.4 Å². The molecule has 0 saturated carbocycles. The maximum Gasteiger partial charge on any atom is 0.334 e. The van der Waals surface area contributed by atoms with Crippen molar-refractivity contribution in [3.05, 3.63) is 106 Å². The first-order valence-corrected chi connectivity index (χ1v) is 18.8. The van der Waals surface area contributed by atoms with Crippen LogP contribution in [0.25, 0.3) is 44.9 Å². The third-order valence-corrected chi connectivity index (χ3v) is 11.0. The van der Waals surface area contributed by atoms with E-state index < -0.39 is 29.2 Å². The summed E-state index contributed by atoms with van der Waals surface area (Å²) in [6.07, 6.45) is 5.69. The van der Waals surface area contributed by atoms with E-state index in [1.54, 1.807) is 18.2 Å². The second-order valence-electron chi connectivity index (χ2n) is 14.3. The highest BCUT2D eigenvalue weighted by molar-refractivity contribution is 6.02. The Hall–Kier alpha value is -6.09. The fraction of sp³-hybridized carbons (Fsp3) is 0.341. The average molecular weight is 793 g/mol. The predicted molar refractivity (Wildman–Crippen MR) is 218 cm³/mol. The number of aromatic nitrogens is 4. The molecule has 2 atom stereocenters. The summed E-state index contributed by atoms with van der Waals surface area (Å²) in [5.74, 6) is -2.54. The zero-order valence-corrected chi connectivity index (χ0v) is 33.5. The SMILES string of the molecule is C=Cc1c(C)c2cc3[nH]c(cc4nc(cc5nc(cc1[nH]2)C1(C)C5=CC=C(C(=O)OC)C1C(=O)OC)C(C)=C4CCC(=O)OCCO)c(CC(=C)OOCCO)c3C. The number of rotatable bonds is 14. The van der Waals surface area contributed by atoms with Crippen LogP contribution in [0.1, 0.15) is 71.7 Å². The Morgan fingerprint density at radius 3 is 2.29 bits per heavy atom. The van der Waals surface area contributed by atoms with E-state index in [-0.39, 0.29) is 51.3 Å². The van der Waals surface area contributed by atoms with Crippen molar-refractivity contribution in [1.29, 1.82) is 0 Å². The Morgan fingerprint density at radius 2 is 1.60 bits per heavy atom. The molecule has 0 saturated heterocycles. The summed E-state index contributed by atoms with van der Waals surface area (Å²) in [6, 6.07) is 7.62. The van der Waals surface area contributed by atoms with Crippen LogP contribution < -0.4 is 0 Å². The van der Waals surface area contributed by atoms with E-state index in [1.807, 2.05) is 52.0 Å². The first kappa shape index (κ1) is 41.5. The molecule has 58 heavy (non-hydrogen) atoms. The fourth-order valence-electron chi connectivity index (χ4n) is 7.88. The van der Waals surface area contributed by atoms with Crippen LogP contribution in [0.5, 0.6) is 0 Å². The number of nitrogens with one attached hydrogen (secondary N) is 2. The van der Waals surface area contributed by atoms with Gasteiger partial charge in [0.25, 0.3) is 0 Å². The highest BCUT2D eigenvalue weighted by Crippen LogP contribution is 2.52. The molecule has 0 spiro atoms. The second-order valence-corrected chi connectivity index (χ2v) is 14.3. The minimum absolute atomic E-state index is 0.0209. The lowest BCUT2D eigenvalue weighted by molar-refractivity contribution is -0.266. The number of H-pyrrole nitrogens is 2. The van der Waals surface area contributed by atoms with E-state index in [1.165, 1.54) is 14.2 Å². The van der Waals surface area contributed by atoms with Gasteiger partial charge in [-0.25, -0.2) is 9.78 Å². The van der Waals surface area contributed by atoms with Crippen LogP contribution in [-0.4, -0.2) is 88.7 Å². The number of hydrogen-bond acceptors (Lipinski definition) is 12. The molecule has 6 rings (SSSR count). The number of aliphatic hydroxyl groups is 2. The smallest absolute Gasteiger partial charge is 0.334 e. The molecule has 0 aromatic carbocycles. The molecule has 4 N–H and O–H groups in total. The summed E-state index contributed by atoms with van der Waals surface area (Å²) in [7, 11) is 2.54. The van der Waals surface area contributed by atoms with E-state index in [0.717, 1.165) is 44.4 Å². The van der Waals surface area contributed by atoms with Gasteiger partial charge in [0, 0.05) is 40.5 Å². The summed E-state index contributed by atoms with van der Waals surface area (Å²) in [4.78, 5) is 67.5. The van der Waals surface area contributed by atoms with Gasteiger partial charge in [-0.1, -0.05) is 31.4 Å². The van der Waals surface area contributed by atoms with E-state index in [9.17, 15) is 24.6 Å². The Kier molecular flexibility index (Phi) is 12.3. The number of nitrogens with zero attached hydrogens (tertiary/aromatic N) is 2. The second kappa shape index (κ2) is 17.2. The highest BCUT2D eigenvalue weighted by Gasteiger charge is 2.53. The average Bonchev–Trinajstić information content (AvgIpc) is 3.86. The predicted octanol–water partition coefficient (Wildman–Crippen LogP) is 6.06. The maximum absolute atomic E-state index is 13.7. The van der Waals surface area contributed by atoms with Gasteiger partial charge in [0.05, 0.1) is 61.2 Å². The largest absolute Gasteiger partial charge is 0.469 e. The molecular formula is C44H48N4O10. The van der Waals surface area contributed by atoms with Crippen LogP contribution in [0.15, 0.2) is 60.9 Å². The monoisotopic (exact) mass is 792 g/mol. The van der Waals surface area contributed by atoms with Gasteiger partial charge in [-0.3, -0.25) is 14.6 Å². The van der Waals surface area contributed by atoms with Gasteiger partial charge in [-0.05, 0) is 91.8 Å².